The minimum absolute atomic E-state index is 0.0430. The van der Waals surface area contributed by atoms with E-state index in [9.17, 15) is 28.5 Å². The SMILES string of the molecule is CC(C)C[C@@H](C(=O)NCCN1CCOCC1)S(=O)C[C@H](O)[C@H](CC1CCCCC1)NC(=O)[C@H](Cc1cnc[nH]1)NC(=O)[C@H](Cc1ccccc1)NC(=O)OC(C)(C)C. The molecule has 1 aromatic heterocycles. The average molecular weight is 830 g/mol. The van der Waals surface area contributed by atoms with Gasteiger partial charge in [0.2, 0.25) is 17.7 Å². The number of hydrogen-bond acceptors (Lipinski definition) is 10. The van der Waals surface area contributed by atoms with E-state index in [1.165, 1.54) is 6.33 Å². The third-order valence-electron chi connectivity index (χ3n) is 10.5. The second-order valence-electron chi connectivity index (χ2n) is 17.1. The summed E-state index contributed by atoms with van der Waals surface area (Å²) in [4.78, 5) is 64.1. The van der Waals surface area contributed by atoms with Crippen molar-refractivity contribution in [2.45, 2.75) is 127 Å². The minimum Gasteiger partial charge on any atom is -0.444 e. The first kappa shape index (κ1) is 46.8. The normalized spacial score (nSPS) is 18.6. The first-order valence-electron chi connectivity index (χ1n) is 20.9. The highest BCUT2D eigenvalue weighted by Gasteiger charge is 2.35. The summed E-state index contributed by atoms with van der Waals surface area (Å²) in [5.74, 6) is -1.36. The Morgan fingerprint density at radius 3 is 2.28 bits per heavy atom. The summed E-state index contributed by atoms with van der Waals surface area (Å²) >= 11 is 0. The van der Waals surface area contributed by atoms with Crippen LogP contribution in [0.25, 0.3) is 0 Å². The van der Waals surface area contributed by atoms with Gasteiger partial charge in [0.25, 0.3) is 0 Å². The van der Waals surface area contributed by atoms with Crippen LogP contribution in [0.3, 0.4) is 0 Å². The van der Waals surface area contributed by atoms with Crippen molar-refractivity contribution >= 4 is 34.6 Å². The van der Waals surface area contributed by atoms with Crippen LogP contribution in [0.4, 0.5) is 4.79 Å². The van der Waals surface area contributed by atoms with Gasteiger partial charge >= 0.3 is 6.09 Å². The van der Waals surface area contributed by atoms with Crippen molar-refractivity contribution in [3.05, 3.63) is 54.1 Å². The zero-order valence-corrected chi connectivity index (χ0v) is 35.8. The van der Waals surface area contributed by atoms with Crippen LogP contribution in [0.5, 0.6) is 0 Å². The zero-order valence-electron chi connectivity index (χ0n) is 35.0. The van der Waals surface area contributed by atoms with Crippen molar-refractivity contribution in [3.8, 4) is 0 Å². The quantitative estimate of drug-likeness (QED) is 0.109. The number of imidazole rings is 1. The molecule has 1 aliphatic heterocycles. The van der Waals surface area contributed by atoms with Gasteiger partial charge in [0.1, 0.15) is 22.9 Å². The number of aromatic amines is 1. The number of ether oxygens (including phenoxy) is 2. The van der Waals surface area contributed by atoms with E-state index in [4.69, 9.17) is 9.47 Å². The van der Waals surface area contributed by atoms with Crippen molar-refractivity contribution in [1.29, 1.82) is 0 Å². The number of hydrogen-bond donors (Lipinski definition) is 6. The van der Waals surface area contributed by atoms with E-state index in [2.05, 4.69) is 36.1 Å². The molecule has 1 aromatic carbocycles. The standard InChI is InChI=1S/C42H67N7O8S/c1-29(2)22-37(40(53)44-16-17-49-18-20-56-21-19-49)58(55)27-36(50)33(23-30-12-8-6-9-13-30)46-39(52)35(25-32-26-43-28-45-32)47-38(51)34(24-31-14-10-7-11-15-31)48-41(54)57-42(3,4)5/h7,10-11,14-15,26,28-30,33-37,50H,6,8-9,12-13,16-25,27H2,1-5H3,(H,43,45)(H,44,53)(H,46,52)(H,47,51)(H,48,54)/t33-,34-,35-,36-,37-,58?/m0/s1. The summed E-state index contributed by atoms with van der Waals surface area (Å²) < 4.78 is 24.9. The number of aliphatic hydroxyl groups is 1. The molecule has 0 bridgehead atoms. The number of carbonyl (C=O) groups excluding carboxylic acids is 4. The predicted octanol–water partition coefficient (Wildman–Crippen LogP) is 3.00. The predicted molar refractivity (Wildman–Crippen MR) is 223 cm³/mol. The highest BCUT2D eigenvalue weighted by molar-refractivity contribution is 7.86. The Morgan fingerprint density at radius 2 is 1.64 bits per heavy atom. The number of aliphatic hydroxyl groups excluding tert-OH is 1. The van der Waals surface area contributed by atoms with E-state index < -0.39 is 63.8 Å². The van der Waals surface area contributed by atoms with Crippen LogP contribution in [-0.4, -0.2) is 128 Å². The largest absolute Gasteiger partial charge is 0.444 e. The number of nitrogens with one attached hydrogen (secondary N) is 5. The fraction of sp³-hybridized carbons (Fsp3) is 0.690. The van der Waals surface area contributed by atoms with Crippen molar-refractivity contribution in [2.24, 2.45) is 11.8 Å². The maximum absolute atomic E-state index is 14.3. The number of aromatic nitrogens is 2. The van der Waals surface area contributed by atoms with E-state index in [1.807, 2.05) is 44.2 Å². The molecule has 6 N–H and O–H groups in total. The molecule has 4 rings (SSSR count). The van der Waals surface area contributed by atoms with Crippen LogP contribution >= 0.6 is 0 Å². The van der Waals surface area contributed by atoms with Crippen LogP contribution in [0.2, 0.25) is 0 Å². The van der Waals surface area contributed by atoms with Gasteiger partial charge in [-0.2, -0.15) is 0 Å². The molecule has 1 saturated carbocycles. The second-order valence-corrected chi connectivity index (χ2v) is 18.7. The molecule has 0 spiro atoms. The van der Waals surface area contributed by atoms with Gasteiger partial charge in [-0.05, 0) is 51.0 Å². The molecule has 15 nitrogen and oxygen atoms in total. The Kier molecular flexibility index (Phi) is 19.1. The Labute approximate surface area is 346 Å². The highest BCUT2D eigenvalue weighted by Crippen LogP contribution is 2.28. The first-order valence-corrected chi connectivity index (χ1v) is 22.3. The second kappa shape index (κ2) is 23.7. The van der Waals surface area contributed by atoms with E-state index in [-0.39, 0.29) is 36.3 Å². The summed E-state index contributed by atoms with van der Waals surface area (Å²) in [5, 5.41) is 22.5. The Balaban J connectivity index is 1.51. The van der Waals surface area contributed by atoms with Crippen LogP contribution in [0.15, 0.2) is 42.9 Å². The minimum atomic E-state index is -1.76. The molecule has 1 unspecified atom stereocenters. The number of nitrogens with zero attached hydrogens (tertiary/aromatic N) is 2. The highest BCUT2D eigenvalue weighted by atomic mass is 32.2. The first-order chi connectivity index (χ1) is 27.7. The van der Waals surface area contributed by atoms with Crippen molar-refractivity contribution in [1.82, 2.24) is 36.1 Å². The molecule has 58 heavy (non-hydrogen) atoms. The maximum atomic E-state index is 14.3. The molecule has 6 atom stereocenters. The summed E-state index contributed by atoms with van der Waals surface area (Å²) in [6, 6.07) is 6.18. The molecule has 2 aromatic rings. The van der Waals surface area contributed by atoms with E-state index in [0.717, 1.165) is 50.8 Å². The number of benzene rings is 1. The van der Waals surface area contributed by atoms with E-state index in [0.29, 0.717) is 44.8 Å². The third-order valence-corrected chi connectivity index (χ3v) is 12.2. The van der Waals surface area contributed by atoms with Crippen molar-refractivity contribution < 1.29 is 38.0 Å². The van der Waals surface area contributed by atoms with E-state index in [1.54, 1.807) is 27.0 Å². The van der Waals surface area contributed by atoms with E-state index >= 15 is 0 Å². The van der Waals surface area contributed by atoms with Gasteiger partial charge in [-0.15, -0.1) is 0 Å². The average Bonchev–Trinajstić information content (AvgIpc) is 3.69. The molecular formula is C42H67N7O8S. The summed E-state index contributed by atoms with van der Waals surface area (Å²) in [5.41, 5.74) is 0.570. The van der Waals surface area contributed by atoms with Crippen LogP contribution in [-0.2, 0) is 47.5 Å². The topological polar surface area (TPSA) is 204 Å². The molecule has 16 heteroatoms. The Hall–Kier alpha value is -3.86. The molecule has 0 radical (unpaired) electrons. The number of H-pyrrole nitrogens is 1. The molecule has 1 aliphatic carbocycles. The Morgan fingerprint density at radius 1 is 0.966 bits per heavy atom. The van der Waals surface area contributed by atoms with Gasteiger partial charge in [0.15, 0.2) is 0 Å². The number of rotatable bonds is 21. The van der Waals surface area contributed by atoms with Gasteiger partial charge < -0.3 is 40.8 Å². The van der Waals surface area contributed by atoms with Crippen molar-refractivity contribution in [2.75, 3.05) is 45.1 Å². The summed E-state index contributed by atoms with van der Waals surface area (Å²) in [7, 11) is -1.76. The zero-order chi connectivity index (χ0) is 42.1. The summed E-state index contributed by atoms with van der Waals surface area (Å²) in [6.45, 7) is 13.1. The maximum Gasteiger partial charge on any atom is 0.408 e. The van der Waals surface area contributed by atoms with Gasteiger partial charge in [-0.3, -0.25) is 23.5 Å². The molecule has 324 valence electrons. The molecule has 2 heterocycles. The fourth-order valence-corrected chi connectivity index (χ4v) is 9.15. The number of carbonyl (C=O) groups is 4. The lowest BCUT2D eigenvalue weighted by Gasteiger charge is -2.32. The Bertz CT molecular complexity index is 1580. The third kappa shape index (κ3) is 16.8. The lowest BCUT2D eigenvalue weighted by molar-refractivity contribution is -0.130. The molecule has 1 saturated heterocycles. The monoisotopic (exact) mass is 829 g/mol. The molecule has 2 aliphatic rings. The van der Waals surface area contributed by atoms with Gasteiger partial charge in [0.05, 0.1) is 37.4 Å². The van der Waals surface area contributed by atoms with Gasteiger partial charge in [0, 0.05) is 61.7 Å². The van der Waals surface area contributed by atoms with Crippen LogP contribution in [0.1, 0.15) is 90.8 Å². The number of morpholine rings is 1. The smallest absolute Gasteiger partial charge is 0.408 e. The van der Waals surface area contributed by atoms with Gasteiger partial charge in [-0.1, -0.05) is 76.3 Å². The molecule has 4 amide bonds. The van der Waals surface area contributed by atoms with Crippen LogP contribution in [0, 0.1) is 11.8 Å². The van der Waals surface area contributed by atoms with Crippen LogP contribution < -0.4 is 21.3 Å². The number of alkyl carbamates (subject to hydrolysis) is 1. The fourth-order valence-electron chi connectivity index (χ4n) is 7.42. The lowest BCUT2D eigenvalue weighted by Crippen LogP contribution is -2.58. The summed E-state index contributed by atoms with van der Waals surface area (Å²) in [6.07, 6.45) is 7.13. The number of amides is 4. The molecular weight excluding hydrogens is 763 g/mol. The molecule has 2 fully saturated rings. The van der Waals surface area contributed by atoms with Crippen molar-refractivity contribution in [3.63, 3.8) is 0 Å². The lowest BCUT2D eigenvalue weighted by atomic mass is 9.83. The van der Waals surface area contributed by atoms with Gasteiger partial charge in [-0.25, -0.2) is 9.78 Å².